The zero-order valence-electron chi connectivity index (χ0n) is 23.9. The van der Waals surface area contributed by atoms with Gasteiger partial charge in [0.05, 0.1) is 11.6 Å². The van der Waals surface area contributed by atoms with Gasteiger partial charge >= 0.3 is 0 Å². The summed E-state index contributed by atoms with van der Waals surface area (Å²) in [7, 11) is 0. The third kappa shape index (κ3) is 4.17. The first-order valence-corrected chi connectivity index (χ1v) is 15.0. The Morgan fingerprint density at radius 1 is 0.523 bits per heavy atom. The monoisotopic (exact) mass is 565 g/mol. The van der Waals surface area contributed by atoms with Crippen molar-refractivity contribution in [1.82, 2.24) is 4.98 Å². The van der Waals surface area contributed by atoms with Gasteiger partial charge in [-0.15, -0.1) is 0 Å². The van der Waals surface area contributed by atoms with Gasteiger partial charge in [-0.1, -0.05) is 84.9 Å². The molecule has 3 heterocycles. The fraction of sp³-hybridized carbons (Fsp3) is 0.0488. The maximum absolute atomic E-state index is 6.06. The van der Waals surface area contributed by atoms with Crippen molar-refractivity contribution in [2.24, 2.45) is 0 Å². The van der Waals surface area contributed by atoms with Gasteiger partial charge in [-0.3, -0.25) is 4.98 Å². The van der Waals surface area contributed by atoms with E-state index in [1.165, 1.54) is 44.5 Å². The summed E-state index contributed by atoms with van der Waals surface area (Å²) in [5, 5.41) is 2.29. The van der Waals surface area contributed by atoms with Crippen LogP contribution in [0.5, 0.6) is 5.75 Å². The minimum absolute atomic E-state index is 0.179. The summed E-state index contributed by atoms with van der Waals surface area (Å²) in [5.41, 5.74) is 12.6. The van der Waals surface area contributed by atoms with Crippen LogP contribution in [-0.4, -0.2) is 4.98 Å². The third-order valence-corrected chi connectivity index (χ3v) is 8.91. The molecule has 1 atom stereocenters. The number of allylic oxidation sites excluding steroid dienone is 4. The molecule has 2 aliphatic rings. The summed E-state index contributed by atoms with van der Waals surface area (Å²) in [5.74, 6) is 2.05. The Hall–Kier alpha value is -5.67. The second-order valence-electron chi connectivity index (χ2n) is 11.6. The zero-order valence-corrected chi connectivity index (χ0v) is 23.9. The van der Waals surface area contributed by atoms with E-state index in [9.17, 15) is 0 Å². The molecule has 9 rings (SSSR count). The number of aromatic nitrogens is 1. The standard InChI is InChI=1S/C41H27NO2/c1-2-14-37-34(13-1)35-24-32(16-18-38(35)43-37)30-11-4-9-28(22-30)26-7-3-8-27(21-26)29-10-5-12-31(23-29)33-17-19-39-36(25-33)41-40(44-39)15-6-20-42-41/h1-24,36H,25H2. The number of fused-ring (bicyclic) bond motifs is 6. The molecule has 7 aromatic rings. The molecule has 3 nitrogen and oxygen atoms in total. The van der Waals surface area contributed by atoms with Crippen molar-refractivity contribution in [3.8, 4) is 39.1 Å². The molecule has 3 heteroatoms. The van der Waals surface area contributed by atoms with Crippen LogP contribution in [0.15, 0.2) is 156 Å². The highest BCUT2D eigenvalue weighted by molar-refractivity contribution is 6.06. The first-order valence-electron chi connectivity index (χ1n) is 15.0. The number of pyridine rings is 1. The van der Waals surface area contributed by atoms with Crippen molar-refractivity contribution in [3.05, 3.63) is 163 Å². The smallest absolute Gasteiger partial charge is 0.149 e. The molecule has 1 aliphatic carbocycles. The lowest BCUT2D eigenvalue weighted by Crippen LogP contribution is -2.05. The normalized spacial score (nSPS) is 15.4. The van der Waals surface area contributed by atoms with Crippen molar-refractivity contribution in [2.75, 3.05) is 0 Å². The Bertz CT molecular complexity index is 2300. The highest BCUT2D eigenvalue weighted by Crippen LogP contribution is 2.46. The second-order valence-corrected chi connectivity index (χ2v) is 11.6. The Kier molecular flexibility index (Phi) is 5.63. The van der Waals surface area contributed by atoms with Crippen LogP contribution in [0.3, 0.4) is 0 Å². The van der Waals surface area contributed by atoms with Crippen LogP contribution in [0.2, 0.25) is 0 Å². The quantitative estimate of drug-likeness (QED) is 0.213. The minimum atomic E-state index is 0.179. The number of rotatable bonds is 4. The van der Waals surface area contributed by atoms with Crippen LogP contribution in [-0.2, 0) is 0 Å². The molecule has 0 bridgehead atoms. The molecular weight excluding hydrogens is 538 g/mol. The topological polar surface area (TPSA) is 35.3 Å². The molecular formula is C41H27NO2. The molecule has 44 heavy (non-hydrogen) atoms. The van der Waals surface area contributed by atoms with E-state index < -0.39 is 0 Å². The van der Waals surface area contributed by atoms with E-state index in [-0.39, 0.29) is 5.92 Å². The minimum Gasteiger partial charge on any atom is -0.459 e. The average molecular weight is 566 g/mol. The maximum atomic E-state index is 6.06. The molecule has 0 radical (unpaired) electrons. The molecule has 0 fully saturated rings. The first kappa shape index (κ1) is 24.9. The summed E-state index contributed by atoms with van der Waals surface area (Å²) >= 11 is 0. The van der Waals surface area contributed by atoms with Gasteiger partial charge < -0.3 is 9.15 Å². The van der Waals surface area contributed by atoms with Crippen molar-refractivity contribution in [3.63, 3.8) is 0 Å². The van der Waals surface area contributed by atoms with Crippen LogP contribution >= 0.6 is 0 Å². The largest absolute Gasteiger partial charge is 0.459 e. The number of benzene rings is 5. The highest BCUT2D eigenvalue weighted by atomic mass is 16.5. The molecule has 5 aromatic carbocycles. The van der Waals surface area contributed by atoms with Crippen LogP contribution in [0.4, 0.5) is 0 Å². The predicted molar refractivity (Wildman–Crippen MR) is 178 cm³/mol. The lowest BCUT2D eigenvalue weighted by atomic mass is 9.86. The van der Waals surface area contributed by atoms with Crippen LogP contribution in [0.1, 0.15) is 23.6 Å². The summed E-state index contributed by atoms with van der Waals surface area (Å²) in [6.07, 6.45) is 7.04. The lowest BCUT2D eigenvalue weighted by Gasteiger charge is -2.18. The van der Waals surface area contributed by atoms with E-state index in [2.05, 4.69) is 120 Å². The van der Waals surface area contributed by atoms with Gasteiger partial charge in [0.15, 0.2) is 0 Å². The Balaban J connectivity index is 1.03. The molecule has 0 saturated carbocycles. The fourth-order valence-corrected chi connectivity index (χ4v) is 6.68. The van der Waals surface area contributed by atoms with Crippen LogP contribution in [0, 0.1) is 0 Å². The van der Waals surface area contributed by atoms with Gasteiger partial charge in [-0.2, -0.15) is 0 Å². The van der Waals surface area contributed by atoms with E-state index in [0.717, 1.165) is 45.6 Å². The molecule has 0 saturated heterocycles. The number of furan rings is 1. The second kappa shape index (κ2) is 9.96. The third-order valence-electron chi connectivity index (χ3n) is 8.91. The van der Waals surface area contributed by atoms with Crippen molar-refractivity contribution in [2.45, 2.75) is 12.3 Å². The Labute approximate surface area is 255 Å². The van der Waals surface area contributed by atoms with Gasteiger partial charge in [-0.05, 0) is 106 Å². The molecule has 2 aromatic heterocycles. The number of para-hydroxylation sites is 1. The van der Waals surface area contributed by atoms with Crippen molar-refractivity contribution in [1.29, 1.82) is 0 Å². The van der Waals surface area contributed by atoms with E-state index in [0.29, 0.717) is 0 Å². The van der Waals surface area contributed by atoms with E-state index in [4.69, 9.17) is 9.15 Å². The summed E-state index contributed by atoms with van der Waals surface area (Å²) in [6.45, 7) is 0. The fourth-order valence-electron chi connectivity index (χ4n) is 6.68. The summed E-state index contributed by atoms with van der Waals surface area (Å²) in [4.78, 5) is 4.63. The Morgan fingerprint density at radius 2 is 1.16 bits per heavy atom. The van der Waals surface area contributed by atoms with Gasteiger partial charge in [0.1, 0.15) is 22.7 Å². The molecule has 208 valence electrons. The van der Waals surface area contributed by atoms with E-state index in [1.807, 2.05) is 30.5 Å². The molecule has 0 spiro atoms. The highest BCUT2D eigenvalue weighted by Gasteiger charge is 2.33. The predicted octanol–water partition coefficient (Wildman–Crippen LogP) is 10.8. The number of ether oxygens (including phenoxy) is 1. The van der Waals surface area contributed by atoms with Crippen LogP contribution < -0.4 is 4.74 Å². The van der Waals surface area contributed by atoms with E-state index in [1.54, 1.807) is 0 Å². The van der Waals surface area contributed by atoms with Gasteiger partial charge in [0, 0.05) is 17.0 Å². The van der Waals surface area contributed by atoms with Gasteiger partial charge in [-0.25, -0.2) is 0 Å². The van der Waals surface area contributed by atoms with Crippen molar-refractivity contribution >= 4 is 27.5 Å². The van der Waals surface area contributed by atoms with Crippen LogP contribution in [0.25, 0.3) is 60.9 Å². The Morgan fingerprint density at radius 3 is 1.91 bits per heavy atom. The van der Waals surface area contributed by atoms with Gasteiger partial charge in [0.25, 0.3) is 0 Å². The number of hydrogen-bond acceptors (Lipinski definition) is 3. The maximum Gasteiger partial charge on any atom is 0.149 e. The summed E-state index contributed by atoms with van der Waals surface area (Å²) in [6, 6.07) is 45.1. The number of nitrogens with zero attached hydrogens (tertiary/aromatic N) is 1. The molecule has 1 aliphatic heterocycles. The average Bonchev–Trinajstić information content (AvgIpc) is 3.66. The summed E-state index contributed by atoms with van der Waals surface area (Å²) < 4.78 is 12.1. The molecule has 0 amide bonds. The number of hydrogen-bond donors (Lipinski definition) is 0. The lowest BCUT2D eigenvalue weighted by molar-refractivity contribution is 0.426. The first-order chi connectivity index (χ1) is 21.8. The van der Waals surface area contributed by atoms with Gasteiger partial charge in [0.2, 0.25) is 0 Å². The zero-order chi connectivity index (χ0) is 29.0. The van der Waals surface area contributed by atoms with E-state index >= 15 is 0 Å². The molecule has 1 unspecified atom stereocenters. The molecule has 0 N–H and O–H groups in total. The SMILES string of the molecule is C1=C(c2cccc(-c3cccc(-c4cccc(-c5ccc6oc7ccccc7c6c5)c4)c3)c2)CC2C(=C1)Oc1cccnc12. The van der Waals surface area contributed by atoms with Crippen molar-refractivity contribution < 1.29 is 9.15 Å².